The molecule has 1 N–H and O–H groups in total. The van der Waals surface area contributed by atoms with Gasteiger partial charge < -0.3 is 4.74 Å². The van der Waals surface area contributed by atoms with Crippen LogP contribution in [0.15, 0.2) is 58.5 Å². The molecule has 8 heteroatoms. The van der Waals surface area contributed by atoms with Crippen LogP contribution in [0.4, 0.5) is 5.69 Å². The van der Waals surface area contributed by atoms with Gasteiger partial charge in [0.15, 0.2) is 0 Å². The van der Waals surface area contributed by atoms with Gasteiger partial charge in [-0.1, -0.05) is 31.5 Å². The number of carbonyl (C=O) groups excluding carboxylic acids is 1. The average molecular weight is 432 g/mol. The smallest absolute Gasteiger partial charge is 0.264 e. The number of hydrogen-bond donors (Lipinski definition) is 1. The van der Waals surface area contributed by atoms with Crippen molar-refractivity contribution >= 4 is 27.3 Å². The first kappa shape index (κ1) is 23.4. The van der Waals surface area contributed by atoms with E-state index in [9.17, 15) is 13.2 Å². The fourth-order valence-corrected chi connectivity index (χ4v) is 4.16. The highest BCUT2D eigenvalue weighted by atomic mass is 32.2. The molecule has 0 aliphatic heterocycles. The molecule has 162 valence electrons. The average Bonchev–Trinajstić information content (AvgIpc) is 2.74. The number of ether oxygens (including phenoxy) is 1. The van der Waals surface area contributed by atoms with Gasteiger partial charge in [-0.25, -0.2) is 13.8 Å². The summed E-state index contributed by atoms with van der Waals surface area (Å²) >= 11 is 0. The number of anilines is 1. The van der Waals surface area contributed by atoms with Crippen molar-refractivity contribution in [2.75, 3.05) is 17.5 Å². The molecule has 0 fully saturated rings. The van der Waals surface area contributed by atoms with Crippen LogP contribution in [0.1, 0.15) is 39.2 Å². The molecular weight excluding hydrogens is 402 g/mol. The van der Waals surface area contributed by atoms with E-state index in [2.05, 4.69) is 10.5 Å². The van der Waals surface area contributed by atoms with E-state index in [-0.39, 0.29) is 11.4 Å². The molecular formula is C22H29N3O4S. The summed E-state index contributed by atoms with van der Waals surface area (Å²) in [6.45, 7) is 7.76. The lowest BCUT2D eigenvalue weighted by Crippen LogP contribution is -2.39. The summed E-state index contributed by atoms with van der Waals surface area (Å²) < 4.78 is 33.2. The molecule has 0 atom stereocenters. The minimum atomic E-state index is -3.97. The Balaban J connectivity index is 2.36. The third-order valence-corrected chi connectivity index (χ3v) is 6.27. The van der Waals surface area contributed by atoms with Crippen LogP contribution in [0.25, 0.3) is 0 Å². The molecule has 7 nitrogen and oxygen atoms in total. The van der Waals surface area contributed by atoms with E-state index in [1.807, 2.05) is 27.7 Å². The maximum atomic E-state index is 13.3. The number of sulfonamides is 1. The lowest BCUT2D eigenvalue weighted by Gasteiger charge is -2.24. The molecule has 0 unspecified atom stereocenters. The first-order chi connectivity index (χ1) is 14.3. The topological polar surface area (TPSA) is 88.1 Å². The molecule has 0 saturated heterocycles. The summed E-state index contributed by atoms with van der Waals surface area (Å²) in [6.07, 6.45) is 1.42. The SMILES string of the molecule is CCOc1ccc(S(=O)(=O)N(CC(=O)NN=C(CC)CC)c2ccc(C)cc2)cc1. The van der Waals surface area contributed by atoms with Gasteiger partial charge >= 0.3 is 0 Å². The molecule has 30 heavy (non-hydrogen) atoms. The van der Waals surface area contributed by atoms with Gasteiger partial charge in [-0.05, 0) is 63.1 Å². The summed E-state index contributed by atoms with van der Waals surface area (Å²) in [6, 6.07) is 13.1. The first-order valence-electron chi connectivity index (χ1n) is 9.98. The van der Waals surface area contributed by atoms with E-state index in [1.165, 1.54) is 12.1 Å². The highest BCUT2D eigenvalue weighted by molar-refractivity contribution is 7.92. The normalized spacial score (nSPS) is 10.9. The number of amides is 1. The Bertz CT molecular complexity index is 962. The Morgan fingerprint density at radius 3 is 2.13 bits per heavy atom. The summed E-state index contributed by atoms with van der Waals surface area (Å²) in [5.74, 6) is 0.0709. The second kappa shape index (κ2) is 10.8. The predicted octanol–water partition coefficient (Wildman–Crippen LogP) is 3.88. The van der Waals surface area contributed by atoms with Crippen molar-refractivity contribution in [3.8, 4) is 5.75 Å². The summed E-state index contributed by atoms with van der Waals surface area (Å²) in [5.41, 5.74) is 4.69. The van der Waals surface area contributed by atoms with Gasteiger partial charge in [0.1, 0.15) is 12.3 Å². The maximum Gasteiger partial charge on any atom is 0.264 e. The van der Waals surface area contributed by atoms with Crippen LogP contribution >= 0.6 is 0 Å². The third kappa shape index (κ3) is 6.06. The molecule has 0 bridgehead atoms. The molecule has 2 aromatic rings. The van der Waals surface area contributed by atoms with Crippen molar-refractivity contribution in [1.82, 2.24) is 5.43 Å². The van der Waals surface area contributed by atoms with Crippen LogP contribution < -0.4 is 14.5 Å². The minimum Gasteiger partial charge on any atom is -0.494 e. The molecule has 0 radical (unpaired) electrons. The van der Waals surface area contributed by atoms with Gasteiger partial charge in [0.05, 0.1) is 17.2 Å². The zero-order valence-corrected chi connectivity index (χ0v) is 18.7. The van der Waals surface area contributed by atoms with Crippen LogP contribution in [-0.4, -0.2) is 33.2 Å². The number of hydrogen-bond acceptors (Lipinski definition) is 5. The Kier molecular flexibility index (Phi) is 8.41. The molecule has 2 rings (SSSR count). The molecule has 1 amide bonds. The zero-order chi connectivity index (χ0) is 22.1. The Morgan fingerprint density at radius 1 is 1.00 bits per heavy atom. The van der Waals surface area contributed by atoms with Crippen LogP contribution in [0.3, 0.4) is 0 Å². The van der Waals surface area contributed by atoms with E-state index in [4.69, 9.17) is 4.74 Å². The Labute approximate surface area is 178 Å². The molecule has 2 aromatic carbocycles. The van der Waals surface area contributed by atoms with E-state index in [1.54, 1.807) is 36.4 Å². The van der Waals surface area contributed by atoms with Crippen molar-refractivity contribution in [3.05, 3.63) is 54.1 Å². The molecule has 0 spiro atoms. The summed E-state index contributed by atoms with van der Waals surface area (Å²) in [4.78, 5) is 12.6. The largest absolute Gasteiger partial charge is 0.494 e. The van der Waals surface area contributed by atoms with Crippen LogP contribution in [0, 0.1) is 6.92 Å². The molecule has 0 aliphatic carbocycles. The van der Waals surface area contributed by atoms with Gasteiger partial charge in [-0.2, -0.15) is 5.10 Å². The fraction of sp³-hybridized carbons (Fsp3) is 0.364. The maximum absolute atomic E-state index is 13.3. The number of rotatable bonds is 10. The van der Waals surface area contributed by atoms with Crippen molar-refractivity contribution in [1.29, 1.82) is 0 Å². The first-order valence-corrected chi connectivity index (χ1v) is 11.4. The van der Waals surface area contributed by atoms with Gasteiger partial charge in [0.25, 0.3) is 15.9 Å². The fourth-order valence-electron chi connectivity index (χ4n) is 2.74. The van der Waals surface area contributed by atoms with Crippen LogP contribution in [-0.2, 0) is 14.8 Å². The highest BCUT2D eigenvalue weighted by Gasteiger charge is 2.27. The second-order valence-corrected chi connectivity index (χ2v) is 8.53. The van der Waals surface area contributed by atoms with E-state index < -0.39 is 15.9 Å². The number of hydrazone groups is 1. The third-order valence-electron chi connectivity index (χ3n) is 4.49. The summed E-state index contributed by atoms with van der Waals surface area (Å²) in [5, 5.41) is 4.09. The molecule has 0 aliphatic rings. The van der Waals surface area contributed by atoms with Gasteiger partial charge in [0.2, 0.25) is 0 Å². The standard InChI is InChI=1S/C22H29N3O4S/c1-5-18(6-2)23-24-22(26)16-25(19-10-8-17(4)9-11-19)30(27,28)21-14-12-20(13-15-21)29-7-3/h8-15H,5-7,16H2,1-4H3,(H,24,26). The highest BCUT2D eigenvalue weighted by Crippen LogP contribution is 2.25. The second-order valence-electron chi connectivity index (χ2n) is 6.67. The number of carbonyl (C=O) groups is 1. The number of nitrogens with zero attached hydrogens (tertiary/aromatic N) is 2. The lowest BCUT2D eigenvalue weighted by molar-refractivity contribution is -0.119. The van der Waals surface area contributed by atoms with Crippen LogP contribution in [0.2, 0.25) is 0 Å². The molecule has 0 saturated carbocycles. The van der Waals surface area contributed by atoms with Gasteiger partial charge in [0, 0.05) is 5.71 Å². The number of aryl methyl sites for hydroxylation is 1. The molecule has 0 heterocycles. The van der Waals surface area contributed by atoms with Crippen molar-refractivity contribution < 1.29 is 17.9 Å². The number of benzene rings is 2. The van der Waals surface area contributed by atoms with Crippen LogP contribution in [0.5, 0.6) is 5.75 Å². The minimum absolute atomic E-state index is 0.0747. The number of nitrogens with one attached hydrogen (secondary N) is 1. The lowest BCUT2D eigenvalue weighted by atomic mass is 10.2. The summed E-state index contributed by atoms with van der Waals surface area (Å²) in [7, 11) is -3.97. The molecule has 0 aromatic heterocycles. The Morgan fingerprint density at radius 2 is 1.60 bits per heavy atom. The predicted molar refractivity (Wildman–Crippen MR) is 119 cm³/mol. The van der Waals surface area contributed by atoms with Crippen molar-refractivity contribution in [2.45, 2.75) is 45.4 Å². The van der Waals surface area contributed by atoms with Gasteiger partial charge in [-0.3, -0.25) is 9.10 Å². The Hall–Kier alpha value is -2.87. The van der Waals surface area contributed by atoms with Crippen molar-refractivity contribution in [2.24, 2.45) is 5.10 Å². The van der Waals surface area contributed by atoms with E-state index in [0.717, 1.165) is 15.6 Å². The quantitative estimate of drug-likeness (QED) is 0.457. The van der Waals surface area contributed by atoms with E-state index >= 15 is 0 Å². The van der Waals surface area contributed by atoms with Crippen molar-refractivity contribution in [3.63, 3.8) is 0 Å². The van der Waals surface area contributed by atoms with Gasteiger partial charge in [-0.15, -0.1) is 0 Å². The monoisotopic (exact) mass is 431 g/mol. The van der Waals surface area contributed by atoms with E-state index in [0.29, 0.717) is 30.9 Å². The zero-order valence-electron chi connectivity index (χ0n) is 17.9.